The number of hydrogen-bond acceptors (Lipinski definition) is 5. The van der Waals surface area contributed by atoms with Crippen LogP contribution in [-0.2, 0) is 9.47 Å². The van der Waals surface area contributed by atoms with E-state index in [1.807, 2.05) is 24.3 Å². The van der Waals surface area contributed by atoms with E-state index >= 15 is 0 Å². The number of benzene rings is 2. The molecule has 1 heterocycles. The number of morpholine rings is 1. The van der Waals surface area contributed by atoms with Crippen LogP contribution in [0.5, 0.6) is 0 Å². The van der Waals surface area contributed by atoms with Gasteiger partial charge in [-0.2, -0.15) is 0 Å². The van der Waals surface area contributed by atoms with Gasteiger partial charge in [0, 0.05) is 35.7 Å². The molecule has 7 nitrogen and oxygen atoms in total. The Balaban J connectivity index is 1.66. The second kappa shape index (κ2) is 8.96. The monoisotopic (exact) mass is 397 g/mol. The van der Waals surface area contributed by atoms with Gasteiger partial charge in [-0.15, -0.1) is 0 Å². The zero-order valence-corrected chi connectivity index (χ0v) is 17.0. The summed E-state index contributed by atoms with van der Waals surface area (Å²) in [4.78, 5) is 26.8. The van der Waals surface area contributed by atoms with Gasteiger partial charge in [-0.05, 0) is 57.2 Å². The fraction of sp³-hybridized carbons (Fsp3) is 0.364. The third kappa shape index (κ3) is 6.22. The summed E-state index contributed by atoms with van der Waals surface area (Å²) in [5.74, 6) is -0.253. The molecule has 2 amide bonds. The summed E-state index contributed by atoms with van der Waals surface area (Å²) in [6.07, 6.45) is -0.562. The lowest BCUT2D eigenvalue weighted by molar-refractivity contribution is 0.0635. The molecule has 0 unspecified atom stereocenters. The van der Waals surface area contributed by atoms with Crippen LogP contribution in [0.2, 0.25) is 0 Å². The lowest BCUT2D eigenvalue weighted by atomic mass is 10.1. The Hall–Kier alpha value is -3.06. The van der Waals surface area contributed by atoms with Crippen LogP contribution in [0.1, 0.15) is 31.1 Å². The molecule has 1 aliphatic rings. The van der Waals surface area contributed by atoms with Crippen molar-refractivity contribution in [2.45, 2.75) is 26.4 Å². The fourth-order valence-electron chi connectivity index (χ4n) is 2.96. The van der Waals surface area contributed by atoms with E-state index < -0.39 is 11.7 Å². The minimum absolute atomic E-state index is 0.253. The van der Waals surface area contributed by atoms with E-state index in [1.165, 1.54) is 0 Å². The molecular formula is C22H27N3O4. The van der Waals surface area contributed by atoms with Gasteiger partial charge < -0.3 is 19.7 Å². The molecule has 0 saturated carbocycles. The van der Waals surface area contributed by atoms with Crippen LogP contribution >= 0.6 is 0 Å². The SMILES string of the molecule is CC(C)(C)OC(=O)Nc1cccc(C(=O)Nc2cccc(N3CCOCC3)c2)c1. The highest BCUT2D eigenvalue weighted by Gasteiger charge is 2.17. The average Bonchev–Trinajstić information content (AvgIpc) is 2.67. The zero-order valence-electron chi connectivity index (χ0n) is 17.0. The standard InChI is InChI=1S/C22H27N3O4/c1-22(2,3)29-21(27)24-17-7-4-6-16(14-17)20(26)23-18-8-5-9-19(15-18)25-10-12-28-13-11-25/h4-9,14-15H,10-13H2,1-3H3,(H,23,26)(H,24,27). The predicted octanol–water partition coefficient (Wildman–Crippen LogP) is 4.12. The molecule has 0 atom stereocenters. The maximum absolute atomic E-state index is 12.7. The van der Waals surface area contributed by atoms with Crippen molar-refractivity contribution < 1.29 is 19.1 Å². The maximum atomic E-state index is 12.7. The second-order valence-corrected chi connectivity index (χ2v) is 7.81. The molecule has 0 bridgehead atoms. The number of amides is 2. The van der Waals surface area contributed by atoms with E-state index in [4.69, 9.17) is 9.47 Å². The lowest BCUT2D eigenvalue weighted by Gasteiger charge is -2.29. The first kappa shape index (κ1) is 20.7. The average molecular weight is 397 g/mol. The third-order valence-corrected chi connectivity index (χ3v) is 4.25. The summed E-state index contributed by atoms with van der Waals surface area (Å²) in [6, 6.07) is 14.5. The molecule has 7 heteroatoms. The van der Waals surface area contributed by atoms with E-state index in [9.17, 15) is 9.59 Å². The first-order valence-corrected chi connectivity index (χ1v) is 9.64. The van der Waals surface area contributed by atoms with Crippen LogP contribution in [0.25, 0.3) is 0 Å². The Labute approximate surface area is 171 Å². The largest absolute Gasteiger partial charge is 0.444 e. The normalized spacial score (nSPS) is 14.2. The van der Waals surface area contributed by atoms with Gasteiger partial charge in [-0.3, -0.25) is 10.1 Å². The Bertz CT molecular complexity index is 870. The maximum Gasteiger partial charge on any atom is 0.412 e. The third-order valence-electron chi connectivity index (χ3n) is 4.25. The van der Waals surface area contributed by atoms with Crippen molar-refractivity contribution in [1.29, 1.82) is 0 Å². The number of carbonyl (C=O) groups excluding carboxylic acids is 2. The molecule has 1 fully saturated rings. The summed E-state index contributed by atoms with van der Waals surface area (Å²) in [5.41, 5.74) is 2.10. The minimum atomic E-state index is -0.593. The minimum Gasteiger partial charge on any atom is -0.444 e. The van der Waals surface area contributed by atoms with Gasteiger partial charge in [-0.1, -0.05) is 12.1 Å². The molecule has 2 aromatic carbocycles. The van der Waals surface area contributed by atoms with Crippen molar-refractivity contribution in [3.63, 3.8) is 0 Å². The van der Waals surface area contributed by atoms with Crippen LogP contribution in [0.4, 0.5) is 21.9 Å². The Morgan fingerprint density at radius 1 is 0.966 bits per heavy atom. The van der Waals surface area contributed by atoms with Crippen molar-refractivity contribution in [1.82, 2.24) is 0 Å². The Morgan fingerprint density at radius 3 is 2.31 bits per heavy atom. The van der Waals surface area contributed by atoms with Gasteiger partial charge in [-0.25, -0.2) is 4.79 Å². The molecule has 2 N–H and O–H groups in total. The molecule has 2 aromatic rings. The van der Waals surface area contributed by atoms with E-state index in [0.29, 0.717) is 30.2 Å². The number of hydrogen-bond donors (Lipinski definition) is 2. The van der Waals surface area contributed by atoms with Crippen LogP contribution in [0.3, 0.4) is 0 Å². The van der Waals surface area contributed by atoms with Crippen LogP contribution < -0.4 is 15.5 Å². The second-order valence-electron chi connectivity index (χ2n) is 7.81. The van der Waals surface area contributed by atoms with Crippen LogP contribution in [0, 0.1) is 0 Å². The van der Waals surface area contributed by atoms with Crippen molar-refractivity contribution in [2.75, 3.05) is 41.8 Å². The van der Waals surface area contributed by atoms with Gasteiger partial charge in [0.15, 0.2) is 0 Å². The molecule has 3 rings (SSSR count). The highest BCUT2D eigenvalue weighted by Crippen LogP contribution is 2.21. The number of nitrogens with one attached hydrogen (secondary N) is 2. The van der Waals surface area contributed by atoms with Crippen molar-refractivity contribution in [3.05, 3.63) is 54.1 Å². The van der Waals surface area contributed by atoms with Gasteiger partial charge in [0.25, 0.3) is 5.91 Å². The number of ether oxygens (including phenoxy) is 2. The lowest BCUT2D eigenvalue weighted by Crippen LogP contribution is -2.36. The first-order valence-electron chi connectivity index (χ1n) is 9.64. The molecule has 154 valence electrons. The number of rotatable bonds is 4. The zero-order chi connectivity index (χ0) is 20.9. The van der Waals surface area contributed by atoms with Crippen molar-refractivity contribution in [2.24, 2.45) is 0 Å². The molecule has 0 aromatic heterocycles. The molecule has 0 spiro atoms. The van der Waals surface area contributed by atoms with Crippen molar-refractivity contribution >= 4 is 29.1 Å². The topological polar surface area (TPSA) is 79.9 Å². The summed E-state index contributed by atoms with van der Waals surface area (Å²) >= 11 is 0. The number of nitrogens with zero attached hydrogens (tertiary/aromatic N) is 1. The van der Waals surface area contributed by atoms with Gasteiger partial charge in [0.2, 0.25) is 0 Å². The highest BCUT2D eigenvalue weighted by molar-refractivity contribution is 6.05. The highest BCUT2D eigenvalue weighted by atomic mass is 16.6. The smallest absolute Gasteiger partial charge is 0.412 e. The summed E-state index contributed by atoms with van der Waals surface area (Å²) in [5, 5.41) is 5.57. The predicted molar refractivity (Wildman–Crippen MR) is 114 cm³/mol. The molecule has 29 heavy (non-hydrogen) atoms. The van der Waals surface area contributed by atoms with Crippen molar-refractivity contribution in [3.8, 4) is 0 Å². The summed E-state index contributed by atoms with van der Waals surface area (Å²) in [7, 11) is 0. The van der Waals surface area contributed by atoms with Gasteiger partial charge >= 0.3 is 6.09 Å². The first-order chi connectivity index (χ1) is 13.8. The van der Waals surface area contributed by atoms with Gasteiger partial charge in [0.05, 0.1) is 13.2 Å². The molecule has 1 aliphatic heterocycles. The van der Waals surface area contributed by atoms with E-state index in [1.54, 1.807) is 45.0 Å². The Morgan fingerprint density at radius 2 is 1.62 bits per heavy atom. The quantitative estimate of drug-likeness (QED) is 0.811. The van der Waals surface area contributed by atoms with E-state index in [2.05, 4.69) is 15.5 Å². The molecule has 1 saturated heterocycles. The summed E-state index contributed by atoms with van der Waals surface area (Å²) < 4.78 is 10.6. The molecule has 0 aliphatic carbocycles. The molecular weight excluding hydrogens is 370 g/mol. The number of carbonyl (C=O) groups is 2. The summed E-state index contributed by atoms with van der Waals surface area (Å²) in [6.45, 7) is 8.44. The number of anilines is 3. The van der Waals surface area contributed by atoms with Gasteiger partial charge in [0.1, 0.15) is 5.60 Å². The van der Waals surface area contributed by atoms with E-state index in [-0.39, 0.29) is 5.91 Å². The molecule has 0 radical (unpaired) electrons. The van der Waals surface area contributed by atoms with Crippen LogP contribution in [-0.4, -0.2) is 43.9 Å². The fourth-order valence-corrected chi connectivity index (χ4v) is 2.96. The van der Waals surface area contributed by atoms with Crippen LogP contribution in [0.15, 0.2) is 48.5 Å². The van der Waals surface area contributed by atoms with E-state index in [0.717, 1.165) is 18.8 Å². The Kier molecular flexibility index (Phi) is 6.39.